The molecule has 0 aromatic heterocycles. The van der Waals surface area contributed by atoms with Gasteiger partial charge in [-0.2, -0.15) is 0 Å². The molecule has 267 valence electrons. The third-order valence-corrected chi connectivity index (χ3v) is 5.76. The van der Waals surface area contributed by atoms with Gasteiger partial charge in [0.05, 0.1) is 19.8 Å². The van der Waals surface area contributed by atoms with Gasteiger partial charge in [-0.3, -0.25) is 0 Å². The van der Waals surface area contributed by atoms with E-state index in [0.29, 0.717) is 47.6 Å². The summed E-state index contributed by atoms with van der Waals surface area (Å²) >= 11 is 4.74. The van der Waals surface area contributed by atoms with Crippen molar-refractivity contribution in [1.29, 1.82) is 0 Å². The topological polar surface area (TPSA) is 65.3 Å². The Labute approximate surface area is 316 Å². The van der Waals surface area contributed by atoms with E-state index in [2.05, 4.69) is 67.7 Å². The average molecular weight is 918 g/mol. The van der Waals surface area contributed by atoms with Crippen LogP contribution < -0.4 is 14.2 Å². The molecule has 3 aromatic rings. The molecule has 3 aliphatic heterocycles. The van der Waals surface area contributed by atoms with Crippen molar-refractivity contribution in [3.05, 3.63) is 89.5 Å². The summed E-state index contributed by atoms with van der Waals surface area (Å²) in [6.07, 6.45) is 3.51. The molecule has 3 saturated heterocycles. The van der Waals surface area contributed by atoms with Crippen molar-refractivity contribution in [2.24, 2.45) is 0 Å². The number of epoxide rings is 3. The Morgan fingerprint density at radius 3 is 0.894 bits per heavy atom. The van der Waals surface area contributed by atoms with Crippen molar-refractivity contribution in [1.82, 2.24) is 0 Å². The fraction of sp³-hybridized carbons (Fsp3) is 0.526. The standard InChI is InChI=1S/3C10H12O2.2C3H8.2CH4.2HI.V/c3*1-8-4-2-3-5-10(8)12-7-9-6-11-9;2*1-3-2;;;;;/h3*2-5,9H,6-7H2,1H3;2*3H2,1-2H3;2*1H4;2*1H;/q;;;;;;;;;+2/p-2. The molecule has 3 atom stereocenters. The van der Waals surface area contributed by atoms with E-state index in [4.69, 9.17) is 28.4 Å². The van der Waals surface area contributed by atoms with Crippen molar-refractivity contribution < 1.29 is 37.9 Å². The molecule has 3 unspecified atom stereocenters. The van der Waals surface area contributed by atoms with Gasteiger partial charge in [0.15, 0.2) is 0 Å². The summed E-state index contributed by atoms with van der Waals surface area (Å²) in [7, 11) is 0.628. The number of benzene rings is 3. The Kier molecular flexibility index (Phi) is 31.7. The second-order valence-corrected chi connectivity index (χ2v) is 22.4. The zero-order valence-electron chi connectivity index (χ0n) is 28.0. The number of para-hydroxylation sites is 3. The van der Waals surface area contributed by atoms with Gasteiger partial charge in [-0.25, -0.2) is 0 Å². The molecule has 0 spiro atoms. The van der Waals surface area contributed by atoms with Crippen LogP contribution in [0, 0.1) is 20.8 Å². The van der Waals surface area contributed by atoms with Crippen LogP contribution in [0.3, 0.4) is 0 Å². The summed E-state index contributed by atoms with van der Waals surface area (Å²) < 4.78 is 31.7. The van der Waals surface area contributed by atoms with Gasteiger partial charge in [-0.15, -0.1) is 0 Å². The van der Waals surface area contributed by atoms with Crippen LogP contribution >= 0.6 is 40.0 Å². The van der Waals surface area contributed by atoms with Gasteiger partial charge < -0.3 is 28.4 Å². The van der Waals surface area contributed by atoms with Crippen molar-refractivity contribution >= 4 is 40.0 Å². The fourth-order valence-electron chi connectivity index (χ4n) is 3.20. The summed E-state index contributed by atoms with van der Waals surface area (Å²) in [5.41, 5.74) is 3.54. The predicted molar refractivity (Wildman–Crippen MR) is 213 cm³/mol. The molecule has 6 nitrogen and oxygen atoms in total. The van der Waals surface area contributed by atoms with Gasteiger partial charge in [-0.05, 0) is 55.7 Å². The molecule has 3 aliphatic rings. The number of rotatable bonds is 9. The summed E-state index contributed by atoms with van der Waals surface area (Å²) in [6, 6.07) is 24.1. The van der Waals surface area contributed by atoms with E-state index in [-0.39, 0.29) is 14.9 Å². The predicted octanol–water partition coefficient (Wildman–Crippen LogP) is 11.2. The zero-order valence-corrected chi connectivity index (χ0v) is 33.7. The number of ether oxygens (including phenoxy) is 6. The van der Waals surface area contributed by atoms with Gasteiger partial charge in [0, 0.05) is 0 Å². The molecule has 0 amide bonds. The molecule has 3 fully saturated rings. The molecule has 0 bridgehead atoms. The van der Waals surface area contributed by atoms with Crippen LogP contribution in [-0.2, 0) is 23.7 Å². The SMILES string of the molecule is C.C.CCC.CCC.Cc1ccccc1OCC1CO1.Cc1ccccc1OCC1CO1.Cc1ccccc1OCC1CO1.[I][V][I]. The first kappa shape index (κ1) is 48.1. The Hall–Kier alpha value is -1.02. The van der Waals surface area contributed by atoms with Crippen LogP contribution in [0.1, 0.15) is 72.1 Å². The van der Waals surface area contributed by atoms with Gasteiger partial charge in [0.25, 0.3) is 0 Å². The van der Waals surface area contributed by atoms with Crippen molar-refractivity contribution in [2.75, 3.05) is 39.6 Å². The van der Waals surface area contributed by atoms with Crippen molar-refractivity contribution in [2.45, 2.75) is 94.5 Å². The summed E-state index contributed by atoms with van der Waals surface area (Å²) in [5.74, 6) is 2.90. The van der Waals surface area contributed by atoms with E-state index < -0.39 is 0 Å². The first-order valence-electron chi connectivity index (χ1n) is 15.6. The maximum atomic E-state index is 5.54. The van der Waals surface area contributed by atoms with E-state index in [1.165, 1.54) is 29.5 Å². The Balaban J connectivity index is 0. The maximum absolute atomic E-state index is 5.54. The first-order valence-corrected chi connectivity index (χ1v) is 24.7. The molecule has 0 N–H and O–H groups in total. The van der Waals surface area contributed by atoms with E-state index in [9.17, 15) is 0 Å². The quantitative estimate of drug-likeness (QED) is 0.157. The zero-order chi connectivity index (χ0) is 33.3. The number of hydrogen-bond donors (Lipinski definition) is 0. The van der Waals surface area contributed by atoms with E-state index >= 15 is 0 Å². The molecule has 0 aliphatic carbocycles. The molecule has 3 aromatic carbocycles. The second kappa shape index (κ2) is 31.0. The molecule has 0 saturated carbocycles. The van der Waals surface area contributed by atoms with Crippen LogP contribution in [0.5, 0.6) is 17.2 Å². The third-order valence-electron chi connectivity index (χ3n) is 5.76. The third kappa shape index (κ3) is 26.5. The number of aryl methyl sites for hydroxylation is 3. The average Bonchev–Trinajstić information content (AvgIpc) is 3.87. The van der Waals surface area contributed by atoms with E-state index in [0.717, 1.165) is 37.1 Å². The van der Waals surface area contributed by atoms with Crippen LogP contribution in [0.2, 0.25) is 0 Å². The molecular formula is C38H60I2O6V. The monoisotopic (exact) mass is 917 g/mol. The Morgan fingerprint density at radius 1 is 0.532 bits per heavy atom. The van der Waals surface area contributed by atoms with Crippen LogP contribution in [0.15, 0.2) is 72.8 Å². The molecular weight excluding hydrogens is 857 g/mol. The summed E-state index contributed by atoms with van der Waals surface area (Å²) in [6.45, 7) is 19.2. The summed E-state index contributed by atoms with van der Waals surface area (Å²) in [4.78, 5) is 0. The van der Waals surface area contributed by atoms with E-state index in [1.807, 2.05) is 93.6 Å². The Morgan fingerprint density at radius 2 is 0.723 bits per heavy atom. The first-order chi connectivity index (χ1) is 21.8. The van der Waals surface area contributed by atoms with Gasteiger partial charge in [0.1, 0.15) is 55.4 Å². The fourth-order valence-corrected chi connectivity index (χ4v) is 3.20. The van der Waals surface area contributed by atoms with Gasteiger partial charge in [0.2, 0.25) is 0 Å². The molecule has 0 radical (unpaired) electrons. The second-order valence-electron chi connectivity index (χ2n) is 10.6. The van der Waals surface area contributed by atoms with Crippen molar-refractivity contribution in [3.8, 4) is 17.2 Å². The summed E-state index contributed by atoms with van der Waals surface area (Å²) in [5, 5.41) is 0. The van der Waals surface area contributed by atoms with Gasteiger partial charge in [-0.1, -0.05) is 110 Å². The molecule has 3 heterocycles. The minimum atomic E-state index is 0. The van der Waals surface area contributed by atoms with Gasteiger partial charge >= 0.3 is 49.4 Å². The van der Waals surface area contributed by atoms with Crippen molar-refractivity contribution in [3.63, 3.8) is 0 Å². The number of hydrogen-bond acceptors (Lipinski definition) is 6. The van der Waals surface area contributed by atoms with E-state index in [1.54, 1.807) is 0 Å². The molecule has 47 heavy (non-hydrogen) atoms. The molecule has 6 rings (SSSR count). The van der Waals surface area contributed by atoms with Crippen LogP contribution in [0.4, 0.5) is 0 Å². The van der Waals surface area contributed by atoms with Crippen LogP contribution in [0.25, 0.3) is 0 Å². The normalized spacial score (nSPS) is 16.8. The Bertz CT molecular complexity index is 999. The molecule has 9 heteroatoms. The minimum absolute atomic E-state index is 0. The van der Waals surface area contributed by atoms with Crippen LogP contribution in [-0.4, -0.2) is 58.0 Å². The number of halogens is 2.